The number of thiazole rings is 1. The molecule has 2 heterocycles. The normalized spacial score (nSPS) is 22.8. The third-order valence-electron chi connectivity index (χ3n) is 6.46. The average Bonchev–Trinajstić information content (AvgIpc) is 3.43. The van der Waals surface area contributed by atoms with Crippen LogP contribution in [0.25, 0.3) is 11.3 Å². The summed E-state index contributed by atoms with van der Waals surface area (Å²) >= 11 is 1.35. The molecule has 0 bridgehead atoms. The summed E-state index contributed by atoms with van der Waals surface area (Å²) in [4.78, 5) is 31.8. The number of methoxy groups -OCH3 is 3. The number of fused-ring (bicyclic) bond motifs is 1. The van der Waals surface area contributed by atoms with Crippen LogP contribution in [0.2, 0.25) is 0 Å². The zero-order valence-corrected chi connectivity index (χ0v) is 19.4. The van der Waals surface area contributed by atoms with Crippen molar-refractivity contribution >= 4 is 28.3 Å². The Morgan fingerprint density at radius 2 is 2.00 bits per heavy atom. The third-order valence-corrected chi connectivity index (χ3v) is 7.21. The van der Waals surface area contributed by atoms with E-state index in [4.69, 9.17) is 14.2 Å². The van der Waals surface area contributed by atoms with Gasteiger partial charge in [0.1, 0.15) is 17.5 Å². The van der Waals surface area contributed by atoms with Gasteiger partial charge in [0.15, 0.2) is 5.13 Å². The van der Waals surface area contributed by atoms with Gasteiger partial charge in [-0.1, -0.05) is 12.8 Å². The maximum Gasteiger partial charge on any atom is 0.323 e. The number of amides is 1. The average molecular weight is 460 g/mol. The lowest BCUT2D eigenvalue weighted by molar-refractivity contribution is -0.146. The van der Waals surface area contributed by atoms with Crippen LogP contribution in [0.15, 0.2) is 23.6 Å². The summed E-state index contributed by atoms with van der Waals surface area (Å²) in [5.41, 5.74) is 1.53. The predicted molar refractivity (Wildman–Crippen MR) is 122 cm³/mol. The number of hydrogen-bond donors (Lipinski definition) is 1. The molecule has 1 saturated heterocycles. The predicted octanol–water partition coefficient (Wildman–Crippen LogP) is 3.57. The van der Waals surface area contributed by atoms with Crippen LogP contribution in [0, 0.1) is 5.92 Å². The van der Waals surface area contributed by atoms with E-state index in [-0.39, 0.29) is 30.5 Å². The molecule has 3 unspecified atom stereocenters. The molecule has 1 amide bonds. The highest BCUT2D eigenvalue weighted by Gasteiger charge is 2.46. The molecule has 2 aliphatic rings. The SMILES string of the molecule is COC(=O)C1CC2CCCCC2N1CC(=O)Nc1nc(-c2ccc(OC)cc2OC)cs1. The van der Waals surface area contributed by atoms with E-state index in [9.17, 15) is 9.59 Å². The Kier molecular flexibility index (Phi) is 6.95. The fourth-order valence-electron chi connectivity index (χ4n) is 4.94. The number of nitrogens with one attached hydrogen (secondary N) is 1. The molecular weight excluding hydrogens is 430 g/mol. The molecule has 3 atom stereocenters. The number of nitrogens with zero attached hydrogens (tertiary/aromatic N) is 2. The summed E-state index contributed by atoms with van der Waals surface area (Å²) < 4.78 is 15.7. The largest absolute Gasteiger partial charge is 0.497 e. The van der Waals surface area contributed by atoms with Crippen LogP contribution in [0.1, 0.15) is 32.1 Å². The van der Waals surface area contributed by atoms with Crippen LogP contribution in [0.5, 0.6) is 11.5 Å². The van der Waals surface area contributed by atoms with Gasteiger partial charge in [0.25, 0.3) is 0 Å². The zero-order chi connectivity index (χ0) is 22.7. The first-order valence-electron chi connectivity index (χ1n) is 10.9. The molecular formula is C23H29N3O5S. The van der Waals surface area contributed by atoms with Gasteiger partial charge in [-0.25, -0.2) is 4.98 Å². The molecule has 172 valence electrons. The molecule has 9 heteroatoms. The lowest BCUT2D eigenvalue weighted by Crippen LogP contribution is -2.46. The second-order valence-electron chi connectivity index (χ2n) is 8.21. The molecule has 4 rings (SSSR count). The Morgan fingerprint density at radius 1 is 1.19 bits per heavy atom. The first kappa shape index (κ1) is 22.5. The van der Waals surface area contributed by atoms with Crippen molar-refractivity contribution in [2.24, 2.45) is 5.92 Å². The van der Waals surface area contributed by atoms with E-state index in [0.29, 0.717) is 28.2 Å². The minimum absolute atomic E-state index is 0.154. The third kappa shape index (κ3) is 4.59. The number of carbonyl (C=O) groups excluding carboxylic acids is 2. The van der Waals surface area contributed by atoms with E-state index in [2.05, 4.69) is 10.3 Å². The van der Waals surface area contributed by atoms with Gasteiger partial charge in [-0.15, -0.1) is 11.3 Å². The molecule has 1 aromatic carbocycles. The van der Waals surface area contributed by atoms with E-state index in [0.717, 1.165) is 31.2 Å². The van der Waals surface area contributed by atoms with E-state index >= 15 is 0 Å². The topological polar surface area (TPSA) is 90.0 Å². The van der Waals surface area contributed by atoms with Gasteiger partial charge in [0.05, 0.1) is 33.6 Å². The molecule has 32 heavy (non-hydrogen) atoms. The molecule has 1 N–H and O–H groups in total. The Bertz CT molecular complexity index is 978. The monoisotopic (exact) mass is 459 g/mol. The number of esters is 1. The van der Waals surface area contributed by atoms with Crippen molar-refractivity contribution in [1.82, 2.24) is 9.88 Å². The number of ether oxygens (including phenoxy) is 3. The van der Waals surface area contributed by atoms with Crippen molar-refractivity contribution in [3.63, 3.8) is 0 Å². The number of benzene rings is 1. The Labute approximate surface area is 191 Å². The molecule has 0 spiro atoms. The number of aromatic nitrogens is 1. The summed E-state index contributed by atoms with van der Waals surface area (Å²) in [7, 11) is 4.61. The zero-order valence-electron chi connectivity index (χ0n) is 18.6. The maximum atomic E-state index is 12.9. The van der Waals surface area contributed by atoms with Crippen molar-refractivity contribution in [3.05, 3.63) is 23.6 Å². The highest BCUT2D eigenvalue weighted by atomic mass is 32.1. The summed E-state index contributed by atoms with van der Waals surface area (Å²) in [5.74, 6) is 1.37. The molecule has 1 aromatic heterocycles. The van der Waals surface area contributed by atoms with E-state index in [1.807, 2.05) is 22.4 Å². The van der Waals surface area contributed by atoms with Crippen LogP contribution in [-0.2, 0) is 14.3 Å². The van der Waals surface area contributed by atoms with E-state index in [1.165, 1.54) is 24.9 Å². The Morgan fingerprint density at radius 3 is 2.75 bits per heavy atom. The highest BCUT2D eigenvalue weighted by Crippen LogP contribution is 2.40. The van der Waals surface area contributed by atoms with Crippen molar-refractivity contribution in [2.45, 2.75) is 44.2 Å². The van der Waals surface area contributed by atoms with Gasteiger partial charge < -0.3 is 19.5 Å². The summed E-state index contributed by atoms with van der Waals surface area (Å²) in [5, 5.41) is 5.29. The van der Waals surface area contributed by atoms with Gasteiger partial charge >= 0.3 is 5.97 Å². The number of carbonyl (C=O) groups is 2. The summed E-state index contributed by atoms with van der Waals surface area (Å²) in [6.45, 7) is 0.154. The molecule has 2 aromatic rings. The standard InChI is InChI=1S/C23H29N3O5S/c1-29-15-8-9-16(20(11-15)30-2)17-13-32-23(24-17)25-21(27)12-26-18-7-5-4-6-14(18)10-19(26)22(28)31-3/h8-9,11,13-14,18-19H,4-7,10,12H2,1-3H3,(H,24,25,27). The maximum absolute atomic E-state index is 12.9. The second-order valence-corrected chi connectivity index (χ2v) is 9.07. The smallest absolute Gasteiger partial charge is 0.323 e. The summed E-state index contributed by atoms with van der Waals surface area (Å²) in [6.07, 6.45) is 5.21. The molecule has 2 fully saturated rings. The van der Waals surface area contributed by atoms with Gasteiger partial charge in [0.2, 0.25) is 5.91 Å². The van der Waals surface area contributed by atoms with Crippen molar-refractivity contribution in [1.29, 1.82) is 0 Å². The molecule has 1 aliphatic carbocycles. The first-order valence-corrected chi connectivity index (χ1v) is 11.7. The first-order chi connectivity index (χ1) is 15.5. The Hall–Kier alpha value is -2.65. The van der Waals surface area contributed by atoms with E-state index in [1.54, 1.807) is 20.3 Å². The lowest BCUT2D eigenvalue weighted by Gasteiger charge is -2.32. The van der Waals surface area contributed by atoms with Crippen molar-refractivity contribution < 1.29 is 23.8 Å². The highest BCUT2D eigenvalue weighted by molar-refractivity contribution is 7.14. The minimum atomic E-state index is -0.353. The summed E-state index contributed by atoms with van der Waals surface area (Å²) in [6, 6.07) is 5.43. The molecule has 0 radical (unpaired) electrons. The number of anilines is 1. The van der Waals surface area contributed by atoms with Crippen molar-refractivity contribution in [2.75, 3.05) is 33.2 Å². The molecule has 8 nitrogen and oxygen atoms in total. The number of hydrogen-bond acceptors (Lipinski definition) is 8. The second kappa shape index (κ2) is 9.87. The molecule has 1 saturated carbocycles. The van der Waals surface area contributed by atoms with Crippen LogP contribution in [0.4, 0.5) is 5.13 Å². The van der Waals surface area contributed by atoms with Crippen LogP contribution >= 0.6 is 11.3 Å². The van der Waals surface area contributed by atoms with E-state index < -0.39 is 0 Å². The lowest BCUT2D eigenvalue weighted by atomic mass is 9.85. The van der Waals surface area contributed by atoms with Gasteiger partial charge in [-0.2, -0.15) is 0 Å². The van der Waals surface area contributed by atoms with Gasteiger partial charge in [0, 0.05) is 23.1 Å². The minimum Gasteiger partial charge on any atom is -0.497 e. The number of rotatable bonds is 7. The van der Waals surface area contributed by atoms with Crippen LogP contribution < -0.4 is 14.8 Å². The molecule has 1 aliphatic heterocycles. The fraction of sp³-hybridized carbons (Fsp3) is 0.522. The van der Waals surface area contributed by atoms with Gasteiger partial charge in [-0.3, -0.25) is 14.5 Å². The van der Waals surface area contributed by atoms with Crippen LogP contribution in [-0.4, -0.2) is 61.7 Å². The van der Waals surface area contributed by atoms with Crippen LogP contribution in [0.3, 0.4) is 0 Å². The van der Waals surface area contributed by atoms with Gasteiger partial charge in [-0.05, 0) is 37.3 Å². The quantitative estimate of drug-likeness (QED) is 0.633. The fourth-order valence-corrected chi connectivity index (χ4v) is 5.66. The Balaban J connectivity index is 1.45. The van der Waals surface area contributed by atoms with Crippen molar-refractivity contribution in [3.8, 4) is 22.8 Å². The number of likely N-dealkylation sites (tertiary alicyclic amines) is 1.